The standard InChI is InChI=1S/C16H22F3N/c1-12-4-2-5-13(8-12)10-20-11-14-6-3-7-15(9-14)16(17,18)19/h3,6-7,9,12-13,20H,2,4-5,8,10-11H2,1H3. The molecule has 1 N–H and O–H groups in total. The van der Waals surface area contributed by atoms with Crippen molar-refractivity contribution in [2.45, 2.75) is 45.3 Å². The van der Waals surface area contributed by atoms with Crippen molar-refractivity contribution in [2.75, 3.05) is 6.54 Å². The number of benzene rings is 1. The van der Waals surface area contributed by atoms with Gasteiger partial charge >= 0.3 is 6.18 Å². The minimum Gasteiger partial charge on any atom is -0.312 e. The maximum absolute atomic E-state index is 12.6. The molecule has 0 aromatic heterocycles. The van der Waals surface area contributed by atoms with Crippen molar-refractivity contribution in [2.24, 2.45) is 11.8 Å². The summed E-state index contributed by atoms with van der Waals surface area (Å²) in [5.41, 5.74) is 0.131. The van der Waals surface area contributed by atoms with Crippen LogP contribution in [0.4, 0.5) is 13.2 Å². The van der Waals surface area contributed by atoms with Gasteiger partial charge in [0.05, 0.1) is 5.56 Å². The summed E-state index contributed by atoms with van der Waals surface area (Å²) in [5.74, 6) is 1.45. The molecule has 1 aromatic rings. The number of halogens is 3. The van der Waals surface area contributed by atoms with Gasteiger partial charge in [-0.25, -0.2) is 0 Å². The van der Waals surface area contributed by atoms with Gasteiger partial charge in [0.2, 0.25) is 0 Å². The lowest BCUT2D eigenvalue weighted by Gasteiger charge is -2.26. The molecule has 0 heterocycles. The maximum atomic E-state index is 12.6. The monoisotopic (exact) mass is 285 g/mol. The van der Waals surface area contributed by atoms with E-state index in [0.717, 1.165) is 18.5 Å². The molecule has 112 valence electrons. The fraction of sp³-hybridized carbons (Fsp3) is 0.625. The van der Waals surface area contributed by atoms with Crippen LogP contribution in [0.1, 0.15) is 43.7 Å². The first-order valence-corrected chi connectivity index (χ1v) is 7.32. The van der Waals surface area contributed by atoms with Crippen molar-refractivity contribution in [3.8, 4) is 0 Å². The molecule has 0 saturated heterocycles. The molecule has 0 aliphatic heterocycles. The third kappa shape index (κ3) is 4.51. The van der Waals surface area contributed by atoms with E-state index in [4.69, 9.17) is 0 Å². The van der Waals surface area contributed by atoms with Crippen molar-refractivity contribution in [3.05, 3.63) is 35.4 Å². The molecule has 0 radical (unpaired) electrons. The van der Waals surface area contributed by atoms with Crippen molar-refractivity contribution < 1.29 is 13.2 Å². The van der Waals surface area contributed by atoms with E-state index < -0.39 is 11.7 Å². The molecule has 4 heteroatoms. The molecule has 1 aliphatic carbocycles. The van der Waals surface area contributed by atoms with E-state index in [9.17, 15) is 13.2 Å². The molecule has 1 aliphatic rings. The first-order valence-electron chi connectivity index (χ1n) is 7.32. The van der Waals surface area contributed by atoms with E-state index in [-0.39, 0.29) is 0 Å². The zero-order chi connectivity index (χ0) is 14.6. The summed E-state index contributed by atoms with van der Waals surface area (Å²) in [7, 11) is 0. The van der Waals surface area contributed by atoms with Crippen LogP contribution in [0.5, 0.6) is 0 Å². The van der Waals surface area contributed by atoms with Crippen LogP contribution in [0, 0.1) is 11.8 Å². The zero-order valence-corrected chi connectivity index (χ0v) is 11.8. The van der Waals surface area contributed by atoms with Crippen LogP contribution >= 0.6 is 0 Å². The minimum absolute atomic E-state index is 0.509. The topological polar surface area (TPSA) is 12.0 Å². The molecular formula is C16H22F3N. The van der Waals surface area contributed by atoms with Crippen molar-refractivity contribution in [1.82, 2.24) is 5.32 Å². The van der Waals surface area contributed by atoms with Gasteiger partial charge in [0.15, 0.2) is 0 Å². The predicted molar refractivity (Wildman–Crippen MR) is 74.3 cm³/mol. The lowest BCUT2D eigenvalue weighted by Crippen LogP contribution is -2.26. The van der Waals surface area contributed by atoms with E-state index in [1.54, 1.807) is 6.07 Å². The molecule has 2 atom stereocenters. The van der Waals surface area contributed by atoms with Crippen LogP contribution < -0.4 is 5.32 Å². The largest absolute Gasteiger partial charge is 0.416 e. The van der Waals surface area contributed by atoms with Gasteiger partial charge in [0.1, 0.15) is 0 Å². The van der Waals surface area contributed by atoms with E-state index in [0.29, 0.717) is 18.0 Å². The Morgan fingerprint density at radius 1 is 1.25 bits per heavy atom. The molecule has 2 rings (SSSR count). The van der Waals surface area contributed by atoms with Gasteiger partial charge < -0.3 is 5.32 Å². The molecule has 1 saturated carbocycles. The summed E-state index contributed by atoms with van der Waals surface area (Å²) in [5, 5.41) is 3.30. The Morgan fingerprint density at radius 3 is 2.75 bits per heavy atom. The summed E-state index contributed by atoms with van der Waals surface area (Å²) in [6.45, 7) is 3.69. The Labute approximate surface area is 118 Å². The maximum Gasteiger partial charge on any atom is 0.416 e. The fourth-order valence-electron chi connectivity index (χ4n) is 3.02. The second-order valence-corrected chi connectivity index (χ2v) is 5.97. The van der Waals surface area contributed by atoms with Crippen LogP contribution in [0.2, 0.25) is 0 Å². The lowest BCUT2D eigenvalue weighted by atomic mass is 9.82. The summed E-state index contributed by atoms with van der Waals surface area (Å²) in [6.07, 6.45) is 0.797. The van der Waals surface area contributed by atoms with Crippen LogP contribution in [0.15, 0.2) is 24.3 Å². The van der Waals surface area contributed by atoms with Crippen molar-refractivity contribution in [1.29, 1.82) is 0 Å². The van der Waals surface area contributed by atoms with Crippen LogP contribution in [-0.4, -0.2) is 6.54 Å². The highest BCUT2D eigenvalue weighted by molar-refractivity contribution is 5.25. The number of alkyl halides is 3. The molecular weight excluding hydrogens is 263 g/mol. The van der Waals surface area contributed by atoms with Crippen LogP contribution in [0.3, 0.4) is 0 Å². The highest BCUT2D eigenvalue weighted by Gasteiger charge is 2.30. The molecule has 0 spiro atoms. The van der Waals surface area contributed by atoms with Gasteiger partial charge in [-0.3, -0.25) is 0 Å². The van der Waals surface area contributed by atoms with E-state index in [2.05, 4.69) is 12.2 Å². The van der Waals surface area contributed by atoms with Gasteiger partial charge in [-0.2, -0.15) is 13.2 Å². The molecule has 2 unspecified atom stereocenters. The van der Waals surface area contributed by atoms with E-state index in [1.807, 2.05) is 0 Å². The normalized spacial score (nSPS) is 23.8. The van der Waals surface area contributed by atoms with Crippen LogP contribution in [-0.2, 0) is 12.7 Å². The predicted octanol–water partition coefficient (Wildman–Crippen LogP) is 4.62. The highest BCUT2D eigenvalue weighted by Crippen LogP contribution is 2.30. The summed E-state index contributed by atoms with van der Waals surface area (Å²) < 4.78 is 37.8. The molecule has 20 heavy (non-hydrogen) atoms. The second-order valence-electron chi connectivity index (χ2n) is 5.97. The first-order chi connectivity index (χ1) is 9.45. The zero-order valence-electron chi connectivity index (χ0n) is 11.8. The van der Waals surface area contributed by atoms with Gasteiger partial charge in [0, 0.05) is 6.54 Å². The summed E-state index contributed by atoms with van der Waals surface area (Å²) in [4.78, 5) is 0. The van der Waals surface area contributed by atoms with Crippen molar-refractivity contribution >= 4 is 0 Å². The van der Waals surface area contributed by atoms with Crippen LogP contribution in [0.25, 0.3) is 0 Å². The number of hydrogen-bond acceptors (Lipinski definition) is 1. The number of rotatable bonds is 4. The molecule has 0 bridgehead atoms. The molecule has 1 nitrogen and oxygen atoms in total. The van der Waals surface area contributed by atoms with Gasteiger partial charge in [-0.05, 0) is 42.9 Å². The lowest BCUT2D eigenvalue weighted by molar-refractivity contribution is -0.137. The van der Waals surface area contributed by atoms with Gasteiger partial charge in [0.25, 0.3) is 0 Å². The quantitative estimate of drug-likeness (QED) is 0.851. The Balaban J connectivity index is 1.82. The second kappa shape index (κ2) is 6.61. The van der Waals surface area contributed by atoms with Crippen molar-refractivity contribution in [3.63, 3.8) is 0 Å². The third-order valence-electron chi connectivity index (χ3n) is 4.06. The Morgan fingerprint density at radius 2 is 2.05 bits per heavy atom. The average Bonchev–Trinajstić information content (AvgIpc) is 2.38. The Kier molecular flexibility index (Phi) is 5.08. The number of hydrogen-bond donors (Lipinski definition) is 1. The molecule has 0 amide bonds. The van der Waals surface area contributed by atoms with Gasteiger partial charge in [-0.15, -0.1) is 0 Å². The smallest absolute Gasteiger partial charge is 0.312 e. The van der Waals surface area contributed by atoms with Gasteiger partial charge in [-0.1, -0.05) is 38.0 Å². The molecule has 1 aromatic carbocycles. The highest BCUT2D eigenvalue weighted by atomic mass is 19.4. The summed E-state index contributed by atoms with van der Waals surface area (Å²) in [6, 6.07) is 5.57. The Hall–Kier alpha value is -1.03. The van der Waals surface area contributed by atoms with E-state index in [1.165, 1.54) is 37.8 Å². The SMILES string of the molecule is CC1CCCC(CNCc2cccc(C(F)(F)F)c2)C1. The number of nitrogens with one attached hydrogen (secondary N) is 1. The molecule has 1 fully saturated rings. The summed E-state index contributed by atoms with van der Waals surface area (Å²) >= 11 is 0. The fourth-order valence-corrected chi connectivity index (χ4v) is 3.02. The average molecular weight is 285 g/mol. The first kappa shape index (κ1) is 15.4. The third-order valence-corrected chi connectivity index (χ3v) is 4.06. The Bertz CT molecular complexity index is 428. The minimum atomic E-state index is -4.26. The van der Waals surface area contributed by atoms with E-state index >= 15 is 0 Å².